The average molecular weight is 488 g/mol. The van der Waals surface area contributed by atoms with Crippen LogP contribution in [0.2, 0.25) is 0 Å². The summed E-state index contributed by atoms with van der Waals surface area (Å²) in [6, 6.07) is 14.6. The van der Waals surface area contributed by atoms with Crippen LogP contribution in [0.3, 0.4) is 0 Å². The number of piperidine rings is 1. The molecule has 31 heavy (non-hydrogen) atoms. The van der Waals surface area contributed by atoms with E-state index in [4.69, 9.17) is 4.74 Å². The van der Waals surface area contributed by atoms with Gasteiger partial charge in [0.2, 0.25) is 0 Å². The first-order valence-corrected chi connectivity index (χ1v) is 10.8. The molecule has 0 amide bonds. The summed E-state index contributed by atoms with van der Waals surface area (Å²) in [7, 11) is 0. The fourth-order valence-electron chi connectivity index (χ4n) is 3.62. The minimum Gasteiger partial charge on any atom is -0.491 e. The lowest BCUT2D eigenvalue weighted by Gasteiger charge is -2.33. The van der Waals surface area contributed by atoms with Crippen LogP contribution in [0.15, 0.2) is 48.5 Å². The molecule has 4 rings (SSSR count). The highest BCUT2D eigenvalue weighted by atomic mass is 35.5. The average Bonchev–Trinajstić information content (AvgIpc) is 3.16. The number of benzene rings is 2. The van der Waals surface area contributed by atoms with E-state index in [1.54, 1.807) is 23.5 Å². The maximum Gasteiger partial charge on any atom is 0.123 e. The van der Waals surface area contributed by atoms with E-state index in [-0.39, 0.29) is 37.2 Å². The molecule has 0 saturated carbocycles. The molecule has 0 radical (unpaired) electrons. The summed E-state index contributed by atoms with van der Waals surface area (Å²) < 4.78 is 19.7. The first-order chi connectivity index (χ1) is 14.2. The van der Waals surface area contributed by atoms with Crippen LogP contribution >= 0.6 is 36.2 Å². The molecule has 3 aromatic rings. The number of β-amino-alcohol motifs (C(OH)–C–C–N with tert-alkyl or cyclic N) is 1. The molecular weight excluding hydrogens is 460 g/mol. The number of thiazole rings is 1. The second kappa shape index (κ2) is 12.5. The third-order valence-electron chi connectivity index (χ3n) is 5.19. The van der Waals surface area contributed by atoms with Crippen molar-refractivity contribution in [3.63, 3.8) is 0 Å². The second-order valence-corrected chi connectivity index (χ2v) is 8.57. The number of ether oxygens (including phenoxy) is 1. The fourth-order valence-corrected chi connectivity index (χ4v) is 4.54. The Morgan fingerprint density at radius 2 is 1.84 bits per heavy atom. The minimum absolute atomic E-state index is 0. The van der Waals surface area contributed by atoms with Gasteiger partial charge in [-0.15, -0.1) is 36.2 Å². The Kier molecular flexibility index (Phi) is 10.4. The quantitative estimate of drug-likeness (QED) is 0.496. The van der Waals surface area contributed by atoms with Gasteiger partial charge >= 0.3 is 0 Å². The highest BCUT2D eigenvalue weighted by Crippen LogP contribution is 2.22. The van der Waals surface area contributed by atoms with Crippen LogP contribution in [-0.2, 0) is 6.54 Å². The highest BCUT2D eigenvalue weighted by Gasteiger charge is 2.21. The standard InChI is InChI=1S/C22H26FN3O2S.2ClH/c23-16-5-7-19(8-6-16)28-15-18(27)14-26-11-9-17(10-12-26)24-13-22-25-20-3-1-2-4-21(20)29-22;;/h1-8,17-18,24,27H,9-15H2;2*1H. The monoisotopic (exact) mass is 487 g/mol. The molecule has 9 heteroatoms. The Hall–Kier alpha value is -1.48. The number of likely N-dealkylation sites (tertiary alicyclic amines) is 1. The molecule has 1 aliphatic heterocycles. The molecule has 2 aromatic carbocycles. The Morgan fingerprint density at radius 3 is 2.55 bits per heavy atom. The number of hydrogen-bond donors (Lipinski definition) is 2. The van der Waals surface area contributed by atoms with Crippen molar-refractivity contribution in [3.05, 3.63) is 59.4 Å². The summed E-state index contributed by atoms with van der Waals surface area (Å²) in [6.45, 7) is 3.50. The predicted molar refractivity (Wildman–Crippen MR) is 128 cm³/mol. The van der Waals surface area contributed by atoms with Crippen LogP contribution in [-0.4, -0.2) is 53.4 Å². The van der Waals surface area contributed by atoms with Crippen LogP contribution < -0.4 is 10.1 Å². The van der Waals surface area contributed by atoms with Gasteiger partial charge in [0.15, 0.2) is 0 Å². The number of aliphatic hydroxyl groups excluding tert-OH is 1. The van der Waals surface area contributed by atoms with Crippen molar-refractivity contribution in [2.75, 3.05) is 26.2 Å². The maximum absolute atomic E-state index is 12.9. The van der Waals surface area contributed by atoms with Gasteiger partial charge < -0.3 is 20.1 Å². The van der Waals surface area contributed by atoms with Crippen molar-refractivity contribution < 1.29 is 14.2 Å². The summed E-state index contributed by atoms with van der Waals surface area (Å²) in [4.78, 5) is 6.95. The molecule has 1 aromatic heterocycles. The van der Waals surface area contributed by atoms with Gasteiger partial charge in [0.25, 0.3) is 0 Å². The number of aromatic nitrogens is 1. The summed E-state index contributed by atoms with van der Waals surface area (Å²) >= 11 is 1.75. The van der Waals surface area contributed by atoms with E-state index in [2.05, 4.69) is 27.3 Å². The van der Waals surface area contributed by atoms with Gasteiger partial charge in [0.05, 0.1) is 10.2 Å². The van der Waals surface area contributed by atoms with Crippen molar-refractivity contribution in [3.8, 4) is 5.75 Å². The van der Waals surface area contributed by atoms with E-state index in [0.29, 0.717) is 18.3 Å². The number of fused-ring (bicyclic) bond motifs is 1. The summed E-state index contributed by atoms with van der Waals surface area (Å²) in [5.74, 6) is 0.278. The zero-order valence-electron chi connectivity index (χ0n) is 17.1. The molecule has 1 unspecified atom stereocenters. The summed E-state index contributed by atoms with van der Waals surface area (Å²) in [5, 5.41) is 15.0. The lowest BCUT2D eigenvalue weighted by molar-refractivity contribution is 0.0578. The van der Waals surface area contributed by atoms with Crippen molar-refractivity contribution in [2.24, 2.45) is 0 Å². The third kappa shape index (κ3) is 7.56. The SMILES string of the molecule is Cl.Cl.OC(COc1ccc(F)cc1)CN1CCC(NCc2nc3ccccc3s2)CC1. The molecule has 0 bridgehead atoms. The Labute approximate surface area is 198 Å². The van der Waals surface area contributed by atoms with E-state index in [0.717, 1.165) is 43.0 Å². The molecule has 0 spiro atoms. The smallest absolute Gasteiger partial charge is 0.123 e. The summed E-state index contributed by atoms with van der Waals surface area (Å²) in [5.41, 5.74) is 1.07. The predicted octanol–water partition coefficient (Wildman–Crippen LogP) is 4.27. The summed E-state index contributed by atoms with van der Waals surface area (Å²) in [6.07, 6.45) is 1.54. The number of aliphatic hydroxyl groups is 1. The van der Waals surface area contributed by atoms with Gasteiger partial charge in [-0.05, 0) is 62.3 Å². The second-order valence-electron chi connectivity index (χ2n) is 7.45. The first-order valence-electron chi connectivity index (χ1n) is 10.0. The van der Waals surface area contributed by atoms with Crippen LogP contribution in [0.4, 0.5) is 4.39 Å². The lowest BCUT2D eigenvalue weighted by atomic mass is 10.0. The third-order valence-corrected chi connectivity index (χ3v) is 6.23. The number of halogens is 3. The van der Waals surface area contributed by atoms with Crippen LogP contribution in [0.25, 0.3) is 10.2 Å². The Morgan fingerprint density at radius 1 is 1.13 bits per heavy atom. The van der Waals surface area contributed by atoms with Crippen molar-refractivity contribution in [1.82, 2.24) is 15.2 Å². The van der Waals surface area contributed by atoms with Crippen LogP contribution in [0, 0.1) is 5.82 Å². The Balaban J connectivity index is 0.00000171. The van der Waals surface area contributed by atoms with Crippen molar-refractivity contribution in [2.45, 2.75) is 31.5 Å². The van der Waals surface area contributed by atoms with Crippen LogP contribution in [0.1, 0.15) is 17.8 Å². The number of hydrogen-bond acceptors (Lipinski definition) is 6. The number of rotatable bonds is 8. The van der Waals surface area contributed by atoms with Gasteiger partial charge in [0, 0.05) is 19.1 Å². The molecule has 1 fully saturated rings. The van der Waals surface area contributed by atoms with E-state index < -0.39 is 6.10 Å². The van der Waals surface area contributed by atoms with Gasteiger partial charge in [-0.1, -0.05) is 12.1 Å². The zero-order chi connectivity index (χ0) is 20.1. The molecule has 2 heterocycles. The molecule has 5 nitrogen and oxygen atoms in total. The topological polar surface area (TPSA) is 57.6 Å². The molecule has 2 N–H and O–H groups in total. The number of para-hydroxylation sites is 1. The number of nitrogens with zero attached hydrogens (tertiary/aromatic N) is 2. The van der Waals surface area contributed by atoms with Gasteiger partial charge in [-0.3, -0.25) is 0 Å². The van der Waals surface area contributed by atoms with Gasteiger partial charge in [-0.25, -0.2) is 9.37 Å². The zero-order valence-corrected chi connectivity index (χ0v) is 19.5. The minimum atomic E-state index is -0.563. The Bertz CT molecular complexity index is 888. The molecule has 0 aliphatic carbocycles. The van der Waals surface area contributed by atoms with Crippen molar-refractivity contribution >= 4 is 46.4 Å². The molecule has 1 saturated heterocycles. The highest BCUT2D eigenvalue weighted by molar-refractivity contribution is 7.18. The molecule has 1 atom stereocenters. The van der Waals surface area contributed by atoms with E-state index in [1.165, 1.54) is 16.8 Å². The molecule has 170 valence electrons. The van der Waals surface area contributed by atoms with E-state index in [9.17, 15) is 9.50 Å². The van der Waals surface area contributed by atoms with Crippen molar-refractivity contribution in [1.29, 1.82) is 0 Å². The number of nitrogens with one attached hydrogen (secondary N) is 1. The largest absolute Gasteiger partial charge is 0.491 e. The van der Waals surface area contributed by atoms with E-state index >= 15 is 0 Å². The van der Waals surface area contributed by atoms with Gasteiger partial charge in [0.1, 0.15) is 29.3 Å². The lowest BCUT2D eigenvalue weighted by Crippen LogP contribution is -2.45. The maximum atomic E-state index is 12.9. The van der Waals surface area contributed by atoms with E-state index in [1.807, 2.05) is 12.1 Å². The van der Waals surface area contributed by atoms with Gasteiger partial charge in [-0.2, -0.15) is 0 Å². The molecule has 1 aliphatic rings. The van der Waals surface area contributed by atoms with Crippen LogP contribution in [0.5, 0.6) is 5.75 Å². The first kappa shape index (κ1) is 25.8. The fraction of sp³-hybridized carbons (Fsp3) is 0.409. The normalized spacial score (nSPS) is 15.8. The molecular formula is C22H28Cl2FN3O2S.